The molecule has 23 heavy (non-hydrogen) atoms. The highest BCUT2D eigenvalue weighted by Crippen LogP contribution is 2.21. The van der Waals surface area contributed by atoms with Crippen LogP contribution in [0.4, 0.5) is 11.5 Å². The van der Waals surface area contributed by atoms with Crippen LogP contribution in [0.15, 0.2) is 53.2 Å². The summed E-state index contributed by atoms with van der Waals surface area (Å²) in [5.41, 5.74) is 2.23. The van der Waals surface area contributed by atoms with Crippen molar-refractivity contribution >= 4 is 11.5 Å². The second-order valence-electron chi connectivity index (χ2n) is 5.02. The standard InChI is InChI=1S/C16H14N4O3/c1-11-7-16(18-10-14(11)20(21)22)17-9-13-8-15(23-19-13)12-5-3-2-4-6-12/h2-8,10H,9H2,1H3,(H,17,18). The molecule has 0 aliphatic heterocycles. The lowest BCUT2D eigenvalue weighted by Gasteiger charge is -2.04. The van der Waals surface area contributed by atoms with Crippen LogP contribution in [0.2, 0.25) is 0 Å². The van der Waals surface area contributed by atoms with E-state index in [1.165, 1.54) is 6.20 Å². The summed E-state index contributed by atoms with van der Waals surface area (Å²) >= 11 is 0. The second kappa shape index (κ2) is 6.27. The minimum absolute atomic E-state index is 0.00310. The van der Waals surface area contributed by atoms with E-state index in [0.29, 0.717) is 23.7 Å². The summed E-state index contributed by atoms with van der Waals surface area (Å²) in [5, 5.41) is 17.9. The number of aryl methyl sites for hydroxylation is 1. The molecule has 0 bridgehead atoms. The first-order valence-electron chi connectivity index (χ1n) is 6.99. The number of pyridine rings is 1. The molecule has 7 heteroatoms. The molecular weight excluding hydrogens is 296 g/mol. The van der Waals surface area contributed by atoms with Gasteiger partial charge in [-0.3, -0.25) is 10.1 Å². The van der Waals surface area contributed by atoms with Gasteiger partial charge in [0.25, 0.3) is 5.69 Å². The van der Waals surface area contributed by atoms with E-state index < -0.39 is 4.92 Å². The van der Waals surface area contributed by atoms with Gasteiger partial charge in [-0.2, -0.15) is 0 Å². The van der Waals surface area contributed by atoms with Gasteiger partial charge in [-0.05, 0) is 13.0 Å². The maximum absolute atomic E-state index is 10.8. The number of hydrogen-bond acceptors (Lipinski definition) is 6. The van der Waals surface area contributed by atoms with E-state index in [9.17, 15) is 10.1 Å². The van der Waals surface area contributed by atoms with Crippen LogP contribution in [0.3, 0.4) is 0 Å². The van der Waals surface area contributed by atoms with Crippen LogP contribution >= 0.6 is 0 Å². The Kier molecular flexibility index (Phi) is 4.01. The molecule has 3 aromatic rings. The minimum Gasteiger partial charge on any atom is -0.364 e. The Morgan fingerprint density at radius 2 is 2.04 bits per heavy atom. The lowest BCUT2D eigenvalue weighted by Crippen LogP contribution is -2.03. The minimum atomic E-state index is -0.449. The Morgan fingerprint density at radius 1 is 1.26 bits per heavy atom. The summed E-state index contributed by atoms with van der Waals surface area (Å²) in [4.78, 5) is 14.4. The fraction of sp³-hybridized carbons (Fsp3) is 0.125. The molecule has 0 amide bonds. The predicted octanol–water partition coefficient (Wildman–Crippen LogP) is 3.57. The Morgan fingerprint density at radius 3 is 2.74 bits per heavy atom. The lowest BCUT2D eigenvalue weighted by molar-refractivity contribution is -0.385. The van der Waals surface area contributed by atoms with Gasteiger partial charge >= 0.3 is 0 Å². The van der Waals surface area contributed by atoms with Gasteiger partial charge in [-0.15, -0.1) is 0 Å². The quantitative estimate of drug-likeness (QED) is 0.572. The number of hydrogen-bond donors (Lipinski definition) is 1. The number of nitro groups is 1. The van der Waals surface area contributed by atoms with Crippen LogP contribution < -0.4 is 5.32 Å². The molecular formula is C16H14N4O3. The van der Waals surface area contributed by atoms with Crippen molar-refractivity contribution in [1.29, 1.82) is 0 Å². The number of benzene rings is 1. The molecule has 0 spiro atoms. The van der Waals surface area contributed by atoms with Crippen LogP contribution in [-0.4, -0.2) is 15.1 Å². The molecule has 0 unspecified atom stereocenters. The van der Waals surface area contributed by atoms with Crippen LogP contribution in [0, 0.1) is 17.0 Å². The average molecular weight is 310 g/mol. The van der Waals surface area contributed by atoms with E-state index in [4.69, 9.17) is 4.52 Å². The van der Waals surface area contributed by atoms with Gasteiger partial charge < -0.3 is 9.84 Å². The highest BCUT2D eigenvalue weighted by atomic mass is 16.6. The van der Waals surface area contributed by atoms with Crippen molar-refractivity contribution in [3.05, 3.63) is 70.0 Å². The van der Waals surface area contributed by atoms with Gasteiger partial charge in [0.15, 0.2) is 5.76 Å². The fourth-order valence-corrected chi connectivity index (χ4v) is 2.15. The molecule has 1 aromatic carbocycles. The zero-order chi connectivity index (χ0) is 16.2. The summed E-state index contributed by atoms with van der Waals surface area (Å²) < 4.78 is 5.31. The SMILES string of the molecule is Cc1cc(NCc2cc(-c3ccccc3)on2)ncc1[N+](=O)[O-]. The van der Waals surface area contributed by atoms with E-state index >= 15 is 0 Å². The van der Waals surface area contributed by atoms with E-state index in [1.54, 1.807) is 13.0 Å². The van der Waals surface area contributed by atoms with Gasteiger partial charge in [0.1, 0.15) is 17.7 Å². The molecule has 1 N–H and O–H groups in total. The molecule has 7 nitrogen and oxygen atoms in total. The lowest BCUT2D eigenvalue weighted by atomic mass is 10.1. The fourth-order valence-electron chi connectivity index (χ4n) is 2.15. The first-order chi connectivity index (χ1) is 11.1. The molecule has 0 aliphatic carbocycles. The van der Waals surface area contributed by atoms with Crippen molar-refractivity contribution in [3.63, 3.8) is 0 Å². The molecule has 0 fully saturated rings. The van der Waals surface area contributed by atoms with E-state index in [0.717, 1.165) is 11.3 Å². The summed E-state index contributed by atoms with van der Waals surface area (Å²) in [7, 11) is 0. The molecule has 0 saturated heterocycles. The van der Waals surface area contributed by atoms with E-state index in [-0.39, 0.29) is 5.69 Å². The monoisotopic (exact) mass is 310 g/mol. The van der Waals surface area contributed by atoms with Gasteiger partial charge in [-0.25, -0.2) is 4.98 Å². The van der Waals surface area contributed by atoms with Gasteiger partial charge in [0.2, 0.25) is 0 Å². The average Bonchev–Trinajstić information content (AvgIpc) is 3.02. The van der Waals surface area contributed by atoms with Crippen molar-refractivity contribution in [3.8, 4) is 11.3 Å². The third kappa shape index (κ3) is 3.34. The zero-order valence-corrected chi connectivity index (χ0v) is 12.4. The number of nitrogens with one attached hydrogen (secondary N) is 1. The number of rotatable bonds is 5. The molecule has 0 radical (unpaired) electrons. The van der Waals surface area contributed by atoms with Crippen molar-refractivity contribution in [2.75, 3.05) is 5.32 Å². The van der Waals surface area contributed by atoms with Gasteiger partial charge in [0.05, 0.1) is 11.5 Å². The maximum Gasteiger partial charge on any atom is 0.290 e. The summed E-state index contributed by atoms with van der Waals surface area (Å²) in [6, 6.07) is 13.2. The molecule has 2 aromatic heterocycles. The Hall–Kier alpha value is -3.22. The Bertz CT molecular complexity index is 830. The molecule has 0 saturated carbocycles. The van der Waals surface area contributed by atoms with Crippen molar-refractivity contribution in [2.24, 2.45) is 0 Å². The smallest absolute Gasteiger partial charge is 0.290 e. The summed E-state index contributed by atoms with van der Waals surface area (Å²) in [6.07, 6.45) is 1.25. The molecule has 0 aliphatic rings. The second-order valence-corrected chi connectivity index (χ2v) is 5.02. The topological polar surface area (TPSA) is 94.1 Å². The van der Waals surface area contributed by atoms with E-state index in [2.05, 4.69) is 15.5 Å². The molecule has 0 atom stereocenters. The number of aromatic nitrogens is 2. The maximum atomic E-state index is 10.8. The Labute approximate surface area is 132 Å². The van der Waals surface area contributed by atoms with Crippen molar-refractivity contribution < 1.29 is 9.45 Å². The first kappa shape index (κ1) is 14.7. The molecule has 3 rings (SSSR count). The molecule has 116 valence electrons. The van der Waals surface area contributed by atoms with Gasteiger partial charge in [0, 0.05) is 17.2 Å². The van der Waals surface area contributed by atoms with Gasteiger partial charge in [-0.1, -0.05) is 35.5 Å². The van der Waals surface area contributed by atoms with Crippen LogP contribution in [0.5, 0.6) is 0 Å². The third-order valence-corrected chi connectivity index (χ3v) is 3.35. The summed E-state index contributed by atoms with van der Waals surface area (Å²) in [6.45, 7) is 2.09. The largest absolute Gasteiger partial charge is 0.364 e. The van der Waals surface area contributed by atoms with Crippen molar-refractivity contribution in [1.82, 2.24) is 10.1 Å². The zero-order valence-electron chi connectivity index (χ0n) is 12.4. The predicted molar refractivity (Wildman–Crippen MR) is 84.9 cm³/mol. The first-order valence-corrected chi connectivity index (χ1v) is 6.99. The highest BCUT2D eigenvalue weighted by molar-refractivity contribution is 5.57. The normalized spacial score (nSPS) is 10.5. The molecule has 2 heterocycles. The number of nitrogens with zero attached hydrogens (tertiary/aromatic N) is 3. The van der Waals surface area contributed by atoms with Crippen molar-refractivity contribution in [2.45, 2.75) is 13.5 Å². The summed E-state index contributed by atoms with van der Waals surface area (Å²) in [5.74, 6) is 1.24. The highest BCUT2D eigenvalue weighted by Gasteiger charge is 2.12. The third-order valence-electron chi connectivity index (χ3n) is 3.35. The van der Waals surface area contributed by atoms with Crippen LogP contribution in [0.25, 0.3) is 11.3 Å². The van der Waals surface area contributed by atoms with E-state index in [1.807, 2.05) is 36.4 Å². The van der Waals surface area contributed by atoms with Crippen LogP contribution in [0.1, 0.15) is 11.3 Å². The Balaban J connectivity index is 1.68. The number of anilines is 1. The van der Waals surface area contributed by atoms with Crippen LogP contribution in [-0.2, 0) is 6.54 Å².